The summed E-state index contributed by atoms with van der Waals surface area (Å²) in [7, 11) is -3.24. The first-order valence-corrected chi connectivity index (χ1v) is 7.18. The van der Waals surface area contributed by atoms with Crippen molar-refractivity contribution in [1.29, 1.82) is 0 Å². The molecule has 0 unspecified atom stereocenters. The van der Waals surface area contributed by atoms with Crippen molar-refractivity contribution >= 4 is 41.7 Å². The molecule has 0 radical (unpaired) electrons. The third kappa shape index (κ3) is 1.95. The van der Waals surface area contributed by atoms with E-state index < -0.39 is 10.0 Å². The minimum atomic E-state index is -3.24. The van der Waals surface area contributed by atoms with E-state index in [0.29, 0.717) is 11.2 Å². The third-order valence-corrected chi connectivity index (χ3v) is 3.31. The first-order valence-electron chi connectivity index (χ1n) is 3.75. The number of hydrogen-bond acceptors (Lipinski definition) is 4. The van der Waals surface area contributed by atoms with Gasteiger partial charge in [-0.05, 0) is 0 Å². The van der Waals surface area contributed by atoms with Crippen molar-refractivity contribution in [3.05, 3.63) is 18.2 Å². The Morgan fingerprint density at radius 3 is 2.86 bits per heavy atom. The van der Waals surface area contributed by atoms with Gasteiger partial charge in [-0.25, -0.2) is 0 Å². The van der Waals surface area contributed by atoms with Gasteiger partial charge < -0.3 is 0 Å². The zero-order chi connectivity index (χ0) is 10.2. The number of hydrogen-bond donors (Lipinski definition) is 1. The van der Waals surface area contributed by atoms with Gasteiger partial charge in [-0.15, -0.1) is 0 Å². The Balaban J connectivity index is 2.57. The van der Waals surface area contributed by atoms with Crippen LogP contribution in [0.5, 0.6) is 0 Å². The van der Waals surface area contributed by atoms with E-state index in [1.807, 2.05) is 6.07 Å². The van der Waals surface area contributed by atoms with Crippen molar-refractivity contribution in [1.82, 2.24) is 7.96 Å². The van der Waals surface area contributed by atoms with Crippen LogP contribution in [0.3, 0.4) is 0 Å². The number of benzene rings is 1. The number of aromatic nitrogens is 2. The fourth-order valence-electron chi connectivity index (χ4n) is 1.09. The molecule has 0 bridgehead atoms. The maximum absolute atomic E-state index is 11.0. The van der Waals surface area contributed by atoms with Gasteiger partial charge in [0, 0.05) is 0 Å². The average Bonchev–Trinajstić information content (AvgIpc) is 2.49. The zero-order valence-electron chi connectivity index (χ0n) is 7.26. The number of sulfonamides is 1. The molecule has 1 heterocycles. The van der Waals surface area contributed by atoms with Gasteiger partial charge in [-0.3, -0.25) is 0 Å². The summed E-state index contributed by atoms with van der Waals surface area (Å²) in [5.41, 5.74) is 1.92. The Labute approximate surface area is 87.4 Å². The molecule has 0 aliphatic heterocycles. The molecule has 2 aromatic rings. The Morgan fingerprint density at radius 2 is 2.14 bits per heavy atom. The van der Waals surface area contributed by atoms with Gasteiger partial charge in [-0.2, -0.15) is 0 Å². The summed E-state index contributed by atoms with van der Waals surface area (Å²) in [5.74, 6) is 0. The number of nitrogens with zero attached hydrogens (tertiary/aromatic N) is 2. The predicted octanol–water partition coefficient (Wildman–Crippen LogP) is 0.0583. The molecule has 0 aliphatic rings. The minimum absolute atomic E-state index is 0.141. The summed E-state index contributed by atoms with van der Waals surface area (Å²) in [6.07, 6.45) is 1.11. The van der Waals surface area contributed by atoms with Crippen LogP contribution in [0, 0.1) is 0 Å². The second-order valence-corrected chi connectivity index (χ2v) is 5.67. The van der Waals surface area contributed by atoms with Crippen LogP contribution in [0.1, 0.15) is 0 Å². The summed E-state index contributed by atoms with van der Waals surface area (Å²) in [6, 6.07) is 5.26. The van der Waals surface area contributed by atoms with Crippen LogP contribution in [0.4, 0.5) is 5.69 Å². The Kier molecular flexibility index (Phi) is 2.30. The molecule has 0 fully saturated rings. The second kappa shape index (κ2) is 3.34. The van der Waals surface area contributed by atoms with E-state index in [1.165, 1.54) is 0 Å². The quantitative estimate of drug-likeness (QED) is 0.787. The van der Waals surface area contributed by atoms with Crippen LogP contribution in [-0.2, 0) is 10.0 Å². The molecular weight excluding hydrogens is 269 g/mol. The summed E-state index contributed by atoms with van der Waals surface area (Å²) in [4.78, 5) is 0. The molecule has 5 nitrogen and oxygen atoms in total. The fraction of sp³-hybridized carbons (Fsp3) is 0.143. The van der Waals surface area contributed by atoms with E-state index in [4.69, 9.17) is 0 Å². The van der Waals surface area contributed by atoms with E-state index in [1.54, 1.807) is 12.1 Å². The zero-order valence-corrected chi connectivity index (χ0v) is 9.79. The molecular formula is C7H7N3O2SSe. The molecule has 7 heteroatoms. The molecule has 0 amide bonds. The van der Waals surface area contributed by atoms with E-state index in [9.17, 15) is 8.42 Å². The number of anilines is 1. The fourth-order valence-corrected chi connectivity index (χ4v) is 2.81. The summed E-state index contributed by atoms with van der Waals surface area (Å²) >= 11 is -0.141. The van der Waals surface area contributed by atoms with Gasteiger partial charge >= 0.3 is 87.3 Å². The van der Waals surface area contributed by atoms with Crippen LogP contribution in [0.25, 0.3) is 11.0 Å². The van der Waals surface area contributed by atoms with Crippen LogP contribution >= 0.6 is 0 Å². The Hall–Kier alpha value is -0.911. The van der Waals surface area contributed by atoms with E-state index in [2.05, 4.69) is 12.7 Å². The van der Waals surface area contributed by atoms with Gasteiger partial charge in [0.05, 0.1) is 0 Å². The third-order valence-electron chi connectivity index (χ3n) is 1.58. The van der Waals surface area contributed by atoms with Crippen molar-refractivity contribution < 1.29 is 8.42 Å². The van der Waals surface area contributed by atoms with Gasteiger partial charge in [0.1, 0.15) is 0 Å². The van der Waals surface area contributed by atoms with E-state index in [0.717, 1.165) is 11.8 Å². The second-order valence-electron chi connectivity index (χ2n) is 2.81. The van der Waals surface area contributed by atoms with Crippen molar-refractivity contribution in [2.24, 2.45) is 0 Å². The van der Waals surface area contributed by atoms with Crippen LogP contribution < -0.4 is 4.72 Å². The monoisotopic (exact) mass is 277 g/mol. The summed E-state index contributed by atoms with van der Waals surface area (Å²) in [5, 5.41) is 0. The first-order chi connectivity index (χ1) is 6.56. The summed E-state index contributed by atoms with van der Waals surface area (Å²) < 4.78 is 32.8. The van der Waals surface area contributed by atoms with E-state index in [-0.39, 0.29) is 15.0 Å². The van der Waals surface area contributed by atoms with E-state index >= 15 is 0 Å². The standard InChI is InChI=1S/C7H7N3O2SSe/c1-13(11,12)8-5-3-2-4-6-7(5)10-14-9-6/h2-4,8H,1H3. The number of nitrogens with one attached hydrogen (secondary N) is 1. The number of fused-ring (bicyclic) bond motifs is 1. The van der Waals surface area contributed by atoms with Crippen LogP contribution in [0.2, 0.25) is 0 Å². The summed E-state index contributed by atoms with van der Waals surface area (Å²) in [6.45, 7) is 0. The maximum atomic E-state index is 11.0. The molecule has 74 valence electrons. The Bertz CT molecular complexity index is 563. The molecule has 0 saturated heterocycles. The topological polar surface area (TPSA) is 72.0 Å². The molecule has 1 aromatic heterocycles. The van der Waals surface area contributed by atoms with Gasteiger partial charge in [0.2, 0.25) is 0 Å². The Morgan fingerprint density at radius 1 is 1.36 bits per heavy atom. The molecule has 0 aliphatic carbocycles. The normalized spacial score (nSPS) is 11.8. The van der Waals surface area contributed by atoms with Crippen LogP contribution in [0.15, 0.2) is 18.2 Å². The molecule has 2 rings (SSSR count). The average molecular weight is 276 g/mol. The SMILES string of the molecule is CS(=O)(=O)Nc1cccc2n[se]nc12. The van der Waals surface area contributed by atoms with Gasteiger partial charge in [-0.1, -0.05) is 0 Å². The van der Waals surface area contributed by atoms with Crippen molar-refractivity contribution in [3.63, 3.8) is 0 Å². The number of rotatable bonds is 2. The van der Waals surface area contributed by atoms with Crippen molar-refractivity contribution in [2.45, 2.75) is 0 Å². The predicted molar refractivity (Wildman–Crippen MR) is 54.9 cm³/mol. The van der Waals surface area contributed by atoms with Gasteiger partial charge in [0.15, 0.2) is 0 Å². The molecule has 1 aromatic carbocycles. The molecule has 0 saturated carbocycles. The molecule has 0 atom stereocenters. The molecule has 14 heavy (non-hydrogen) atoms. The first kappa shape index (κ1) is 9.64. The molecule has 0 spiro atoms. The molecule has 1 N–H and O–H groups in total. The van der Waals surface area contributed by atoms with Gasteiger partial charge in [0.25, 0.3) is 0 Å². The van der Waals surface area contributed by atoms with Crippen molar-refractivity contribution in [2.75, 3.05) is 11.0 Å². The van der Waals surface area contributed by atoms with Crippen LogP contribution in [-0.4, -0.2) is 37.6 Å². The van der Waals surface area contributed by atoms with Crippen molar-refractivity contribution in [3.8, 4) is 0 Å².